The van der Waals surface area contributed by atoms with Crippen LogP contribution in [0.2, 0.25) is 0 Å². The lowest BCUT2D eigenvalue weighted by atomic mass is 10.1. The third-order valence-electron chi connectivity index (χ3n) is 2.86. The largest absolute Gasteiger partial charge is 0.507 e. The molecule has 0 saturated heterocycles. The average molecular weight is 274 g/mol. The van der Waals surface area contributed by atoms with Gasteiger partial charge in [0.05, 0.1) is 17.7 Å². The maximum absolute atomic E-state index is 10.7. The van der Waals surface area contributed by atoms with E-state index in [1.807, 2.05) is 0 Å². The van der Waals surface area contributed by atoms with Crippen LogP contribution in [0, 0.1) is 0 Å². The second-order valence-electron chi connectivity index (χ2n) is 4.20. The van der Waals surface area contributed by atoms with Crippen molar-refractivity contribution in [2.45, 2.75) is 13.2 Å². The number of ether oxygens (including phenoxy) is 1. The van der Waals surface area contributed by atoms with E-state index in [9.17, 15) is 15.0 Å². The Bertz CT molecular complexity index is 604. The minimum Gasteiger partial charge on any atom is -0.507 e. The minimum absolute atomic E-state index is 0.0220. The minimum atomic E-state index is -0.979. The molecule has 0 spiro atoms. The van der Waals surface area contributed by atoms with E-state index in [1.54, 1.807) is 24.3 Å². The number of aliphatic hydroxyl groups excluding tert-OH is 1. The van der Waals surface area contributed by atoms with Crippen LogP contribution in [0.15, 0.2) is 42.5 Å². The molecule has 5 nitrogen and oxygen atoms in total. The molecule has 0 aliphatic carbocycles. The summed E-state index contributed by atoms with van der Waals surface area (Å²) in [4.78, 5) is 10.7. The first-order valence-corrected chi connectivity index (χ1v) is 5.98. The number of phenols is 1. The fourth-order valence-electron chi connectivity index (χ4n) is 1.75. The Hall–Kier alpha value is -2.53. The third-order valence-corrected chi connectivity index (χ3v) is 2.86. The lowest BCUT2D eigenvalue weighted by Gasteiger charge is -2.11. The van der Waals surface area contributed by atoms with Gasteiger partial charge in [-0.2, -0.15) is 0 Å². The van der Waals surface area contributed by atoms with Crippen LogP contribution in [0.5, 0.6) is 11.5 Å². The van der Waals surface area contributed by atoms with Crippen LogP contribution in [-0.4, -0.2) is 21.3 Å². The fourth-order valence-corrected chi connectivity index (χ4v) is 1.75. The maximum atomic E-state index is 10.7. The van der Waals surface area contributed by atoms with Crippen molar-refractivity contribution < 1.29 is 24.9 Å². The monoisotopic (exact) mass is 274 g/mol. The number of benzene rings is 2. The zero-order valence-corrected chi connectivity index (χ0v) is 10.6. The summed E-state index contributed by atoms with van der Waals surface area (Å²) in [6.45, 7) is -0.101. The molecule has 0 heterocycles. The first kappa shape index (κ1) is 13.9. The van der Waals surface area contributed by atoms with E-state index < -0.39 is 5.97 Å². The van der Waals surface area contributed by atoms with Gasteiger partial charge in [-0.3, -0.25) is 0 Å². The van der Waals surface area contributed by atoms with Gasteiger partial charge in [0.15, 0.2) is 0 Å². The van der Waals surface area contributed by atoms with Crippen molar-refractivity contribution in [1.29, 1.82) is 0 Å². The van der Waals surface area contributed by atoms with Crippen molar-refractivity contribution in [1.82, 2.24) is 0 Å². The molecule has 3 N–H and O–H groups in total. The van der Waals surface area contributed by atoms with Crippen LogP contribution in [0.25, 0.3) is 0 Å². The van der Waals surface area contributed by atoms with Gasteiger partial charge < -0.3 is 20.1 Å². The molecule has 2 rings (SSSR count). The molecule has 20 heavy (non-hydrogen) atoms. The van der Waals surface area contributed by atoms with Crippen molar-refractivity contribution >= 4 is 5.97 Å². The van der Waals surface area contributed by atoms with Crippen LogP contribution in [-0.2, 0) is 13.2 Å². The molecule has 2 aromatic rings. The van der Waals surface area contributed by atoms with Crippen LogP contribution in [0.4, 0.5) is 0 Å². The third kappa shape index (κ3) is 3.07. The lowest BCUT2D eigenvalue weighted by molar-refractivity contribution is 0.0697. The SMILES string of the molecule is O=C(O)c1ccc(COc2cccc(O)c2CO)cc1. The van der Waals surface area contributed by atoms with Crippen molar-refractivity contribution in [2.75, 3.05) is 0 Å². The number of hydrogen-bond acceptors (Lipinski definition) is 4. The zero-order valence-electron chi connectivity index (χ0n) is 10.6. The topological polar surface area (TPSA) is 87.0 Å². The molecule has 0 unspecified atom stereocenters. The van der Waals surface area contributed by atoms with E-state index in [-0.39, 0.29) is 24.5 Å². The first-order valence-electron chi connectivity index (χ1n) is 5.98. The predicted molar refractivity (Wildman–Crippen MR) is 71.8 cm³/mol. The molecule has 0 aromatic heterocycles. The van der Waals surface area contributed by atoms with Gasteiger partial charge >= 0.3 is 5.97 Å². The molecular formula is C15H14O5. The fraction of sp³-hybridized carbons (Fsp3) is 0.133. The molecule has 0 amide bonds. The molecule has 5 heteroatoms. The number of carboxylic acid groups (broad SMARTS) is 1. The highest BCUT2D eigenvalue weighted by atomic mass is 16.5. The molecule has 0 saturated carbocycles. The smallest absolute Gasteiger partial charge is 0.335 e. The quantitative estimate of drug-likeness (QED) is 0.777. The van der Waals surface area contributed by atoms with E-state index in [0.29, 0.717) is 11.3 Å². The Labute approximate surface area is 115 Å². The Morgan fingerprint density at radius 2 is 1.80 bits per heavy atom. The van der Waals surface area contributed by atoms with Crippen molar-refractivity contribution in [3.8, 4) is 11.5 Å². The van der Waals surface area contributed by atoms with Crippen LogP contribution >= 0.6 is 0 Å². The summed E-state index contributed by atoms with van der Waals surface area (Å²) in [7, 11) is 0. The number of hydrogen-bond donors (Lipinski definition) is 3. The molecule has 2 aromatic carbocycles. The normalized spacial score (nSPS) is 10.2. The molecule has 0 fully saturated rings. The number of carboxylic acids is 1. The van der Waals surface area contributed by atoms with Gasteiger partial charge in [-0.15, -0.1) is 0 Å². The molecule has 0 bridgehead atoms. The summed E-state index contributed by atoms with van der Waals surface area (Å²) in [5.74, 6) is -0.603. The van der Waals surface area contributed by atoms with Crippen LogP contribution in [0.3, 0.4) is 0 Å². The number of aromatic hydroxyl groups is 1. The Morgan fingerprint density at radius 1 is 1.10 bits per heavy atom. The van der Waals surface area contributed by atoms with Gasteiger partial charge in [-0.1, -0.05) is 18.2 Å². The zero-order chi connectivity index (χ0) is 14.5. The van der Waals surface area contributed by atoms with Gasteiger partial charge in [-0.05, 0) is 29.8 Å². The molecule has 104 valence electrons. The standard InChI is InChI=1S/C15H14O5/c16-8-12-13(17)2-1-3-14(12)20-9-10-4-6-11(7-5-10)15(18)19/h1-7,16-17H,8-9H2,(H,18,19). The molecule has 0 aliphatic rings. The van der Waals surface area contributed by atoms with E-state index in [4.69, 9.17) is 9.84 Å². The highest BCUT2D eigenvalue weighted by molar-refractivity contribution is 5.87. The second kappa shape index (κ2) is 6.08. The lowest BCUT2D eigenvalue weighted by Crippen LogP contribution is -2.00. The average Bonchev–Trinajstić information content (AvgIpc) is 2.45. The van der Waals surface area contributed by atoms with E-state index in [0.717, 1.165) is 5.56 Å². The predicted octanol–water partition coefficient (Wildman–Crippen LogP) is 2.16. The van der Waals surface area contributed by atoms with Gasteiger partial charge in [-0.25, -0.2) is 4.79 Å². The number of rotatable bonds is 5. The number of carbonyl (C=O) groups is 1. The van der Waals surface area contributed by atoms with Crippen molar-refractivity contribution in [3.63, 3.8) is 0 Å². The molecule has 0 aliphatic heterocycles. The van der Waals surface area contributed by atoms with Crippen molar-refractivity contribution in [2.24, 2.45) is 0 Å². The summed E-state index contributed by atoms with van der Waals surface area (Å²) in [6.07, 6.45) is 0. The number of aromatic carboxylic acids is 1. The van der Waals surface area contributed by atoms with Gasteiger partial charge in [0.25, 0.3) is 0 Å². The summed E-state index contributed by atoms with van der Waals surface area (Å²) in [6, 6.07) is 11.1. The van der Waals surface area contributed by atoms with Gasteiger partial charge in [0.2, 0.25) is 0 Å². The van der Waals surface area contributed by atoms with E-state index in [2.05, 4.69) is 0 Å². The first-order chi connectivity index (χ1) is 9.61. The summed E-state index contributed by atoms with van der Waals surface area (Å²) in [5, 5.41) is 27.6. The molecule has 0 atom stereocenters. The highest BCUT2D eigenvalue weighted by Crippen LogP contribution is 2.27. The Balaban J connectivity index is 2.09. The summed E-state index contributed by atoms with van der Waals surface area (Å²) in [5.41, 5.74) is 1.33. The van der Waals surface area contributed by atoms with Crippen molar-refractivity contribution in [3.05, 3.63) is 59.2 Å². The van der Waals surface area contributed by atoms with E-state index in [1.165, 1.54) is 18.2 Å². The highest BCUT2D eigenvalue weighted by Gasteiger charge is 2.08. The maximum Gasteiger partial charge on any atom is 0.335 e. The van der Waals surface area contributed by atoms with Gasteiger partial charge in [0, 0.05) is 0 Å². The van der Waals surface area contributed by atoms with Crippen LogP contribution < -0.4 is 4.74 Å². The summed E-state index contributed by atoms with van der Waals surface area (Å²) < 4.78 is 5.53. The second-order valence-corrected chi connectivity index (χ2v) is 4.20. The Morgan fingerprint density at radius 3 is 2.40 bits per heavy atom. The van der Waals surface area contributed by atoms with E-state index >= 15 is 0 Å². The molecule has 0 radical (unpaired) electrons. The van der Waals surface area contributed by atoms with Gasteiger partial charge in [0.1, 0.15) is 18.1 Å². The number of aliphatic hydroxyl groups is 1. The van der Waals surface area contributed by atoms with Crippen LogP contribution in [0.1, 0.15) is 21.5 Å². The Kier molecular flexibility index (Phi) is 4.22. The molecular weight excluding hydrogens is 260 g/mol. The summed E-state index contributed by atoms with van der Waals surface area (Å²) >= 11 is 0.